The maximum Gasteiger partial charge on any atom is 0.246 e. The molecule has 7 rings (SSSR count). The lowest BCUT2D eigenvalue weighted by Gasteiger charge is -2.56. The van der Waals surface area contributed by atoms with Gasteiger partial charge in [-0.2, -0.15) is 0 Å². The topological polar surface area (TPSA) is 114 Å². The van der Waals surface area contributed by atoms with Crippen molar-refractivity contribution in [1.29, 1.82) is 0 Å². The number of ketones is 2. The van der Waals surface area contributed by atoms with E-state index in [0.29, 0.717) is 53.8 Å². The molecule has 4 bridgehead atoms. The summed E-state index contributed by atoms with van der Waals surface area (Å²) < 4.78 is 21.1. The third kappa shape index (κ3) is 6.49. The molecule has 9 heteroatoms. The van der Waals surface area contributed by atoms with Crippen molar-refractivity contribution in [3.05, 3.63) is 69.4 Å². The summed E-state index contributed by atoms with van der Waals surface area (Å²) in [5, 5.41) is 15.0. The summed E-state index contributed by atoms with van der Waals surface area (Å²) >= 11 is 0. The standard InChI is InChI=1S/C45H60N2O7/c1-26(2)14-13-19-43(10)20-18-30-35(48)34-36(49)32-22-29-23-33-42(8,9)54-44(39(29)50,21-17-28(5)40(51)46-24-41(6,7)25-47(11)12)45(32,33)53-38(34)31(37(30)52-43)16-15-27(3)4/h14-15,17-18,20,22,29,33,48H,13,16,19,21,23-25H2,1-12H3,(H,46,51). The SMILES string of the molecule is CC(C)=CCCC1(C)C=Cc2c(O)c3c(c(CC=C(C)C)c2O1)OC12C(=CC4CC1C(C)(C)OC2(CC=C(C)C(=O)NCC(C)(C)CN(C)C)C4=O)C3=O. The Hall–Kier alpha value is -3.95. The quantitative estimate of drug-likeness (QED) is 0.165. The van der Waals surface area contributed by atoms with Gasteiger partial charge in [-0.15, -0.1) is 0 Å². The number of allylic oxidation sites excluding steroid dienone is 5. The molecule has 0 aromatic heterocycles. The molecule has 1 spiro atoms. The van der Waals surface area contributed by atoms with Crippen molar-refractivity contribution in [3.63, 3.8) is 0 Å². The maximum atomic E-state index is 15.0. The fourth-order valence-electron chi connectivity index (χ4n) is 9.55. The monoisotopic (exact) mass is 740 g/mol. The first-order valence-corrected chi connectivity index (χ1v) is 19.4. The van der Waals surface area contributed by atoms with Gasteiger partial charge in [-0.05, 0) is 113 Å². The van der Waals surface area contributed by atoms with Gasteiger partial charge in [0.25, 0.3) is 0 Å². The highest BCUT2D eigenvalue weighted by atomic mass is 16.6. The van der Waals surface area contributed by atoms with Gasteiger partial charge < -0.3 is 29.5 Å². The summed E-state index contributed by atoms with van der Waals surface area (Å²) in [6.45, 7) is 21.3. The number of benzene rings is 1. The van der Waals surface area contributed by atoms with Crippen LogP contribution in [0, 0.1) is 17.3 Å². The molecule has 2 fully saturated rings. The molecule has 1 aromatic rings. The number of fused-ring (bicyclic) bond motifs is 2. The Labute approximate surface area is 321 Å². The molecule has 292 valence electrons. The number of nitrogens with zero attached hydrogens (tertiary/aromatic N) is 1. The lowest BCUT2D eigenvalue weighted by molar-refractivity contribution is -0.171. The average molecular weight is 741 g/mol. The first-order valence-electron chi connectivity index (χ1n) is 19.4. The number of rotatable bonds is 12. The summed E-state index contributed by atoms with van der Waals surface area (Å²) in [7, 11) is 4.01. The summed E-state index contributed by atoms with van der Waals surface area (Å²) in [6, 6.07) is 0. The van der Waals surface area contributed by atoms with E-state index in [9.17, 15) is 14.7 Å². The molecule has 1 aromatic carbocycles. The molecule has 5 atom stereocenters. The smallest absolute Gasteiger partial charge is 0.246 e. The van der Waals surface area contributed by atoms with Gasteiger partial charge in [0.2, 0.25) is 5.91 Å². The highest BCUT2D eigenvalue weighted by molar-refractivity contribution is 6.19. The Kier molecular flexibility index (Phi) is 10.1. The largest absolute Gasteiger partial charge is 0.506 e. The number of hydrogen-bond donors (Lipinski definition) is 2. The molecule has 3 aliphatic carbocycles. The van der Waals surface area contributed by atoms with Crippen LogP contribution in [0.2, 0.25) is 0 Å². The van der Waals surface area contributed by atoms with E-state index in [1.54, 1.807) is 19.1 Å². The van der Waals surface area contributed by atoms with E-state index in [1.807, 2.05) is 60.9 Å². The molecule has 1 saturated heterocycles. The lowest BCUT2D eigenvalue weighted by atomic mass is 9.51. The van der Waals surface area contributed by atoms with Crippen LogP contribution >= 0.6 is 0 Å². The summed E-state index contributed by atoms with van der Waals surface area (Å²) in [5.41, 5.74) is -0.443. The number of nitrogens with one attached hydrogen (secondary N) is 1. The number of Topliss-reactive ketones (excluding diaryl/α,β-unsaturated/α-hetero) is 2. The van der Waals surface area contributed by atoms with E-state index in [4.69, 9.17) is 14.2 Å². The first-order chi connectivity index (χ1) is 25.1. The molecule has 1 saturated carbocycles. The van der Waals surface area contributed by atoms with E-state index in [-0.39, 0.29) is 52.3 Å². The van der Waals surface area contributed by atoms with Gasteiger partial charge in [0, 0.05) is 48.1 Å². The van der Waals surface area contributed by atoms with Crippen molar-refractivity contribution in [2.75, 3.05) is 27.2 Å². The van der Waals surface area contributed by atoms with Gasteiger partial charge >= 0.3 is 0 Å². The van der Waals surface area contributed by atoms with E-state index in [1.165, 1.54) is 5.57 Å². The molecule has 1 amide bonds. The van der Waals surface area contributed by atoms with E-state index in [2.05, 4.69) is 50.1 Å². The van der Waals surface area contributed by atoms with Gasteiger partial charge in [0.15, 0.2) is 22.8 Å². The molecular weight excluding hydrogens is 681 g/mol. The highest BCUT2D eigenvalue weighted by Gasteiger charge is 2.81. The van der Waals surface area contributed by atoms with E-state index in [0.717, 1.165) is 18.5 Å². The van der Waals surface area contributed by atoms with Crippen LogP contribution in [0.5, 0.6) is 17.2 Å². The molecule has 2 N–H and O–H groups in total. The van der Waals surface area contributed by atoms with Gasteiger partial charge in [0.1, 0.15) is 28.4 Å². The average Bonchev–Trinajstić information content (AvgIpc) is 3.21. The molecule has 6 aliphatic rings. The maximum absolute atomic E-state index is 15.0. The second-order valence-corrected chi connectivity index (χ2v) is 18.5. The number of phenols is 1. The Morgan fingerprint density at radius 2 is 1.70 bits per heavy atom. The van der Waals surface area contributed by atoms with Crippen LogP contribution in [-0.4, -0.2) is 77.1 Å². The lowest BCUT2D eigenvalue weighted by Crippen LogP contribution is -2.72. The van der Waals surface area contributed by atoms with Gasteiger partial charge in [-0.25, -0.2) is 0 Å². The number of aromatic hydroxyl groups is 1. The number of ether oxygens (including phenoxy) is 3. The molecular formula is C45H60N2O7. The fourth-order valence-corrected chi connectivity index (χ4v) is 9.55. The molecule has 9 nitrogen and oxygen atoms in total. The molecule has 5 unspecified atom stereocenters. The Bertz CT molecular complexity index is 1940. The minimum Gasteiger partial charge on any atom is -0.506 e. The molecule has 0 radical (unpaired) electrons. The van der Waals surface area contributed by atoms with Crippen molar-refractivity contribution in [2.45, 2.75) is 124 Å². The van der Waals surface area contributed by atoms with Crippen LogP contribution in [0.3, 0.4) is 0 Å². The summed E-state index contributed by atoms with van der Waals surface area (Å²) in [5.74, 6) is -1.14. The van der Waals surface area contributed by atoms with Gasteiger partial charge in [0.05, 0.1) is 11.2 Å². The predicted molar refractivity (Wildman–Crippen MR) is 212 cm³/mol. The van der Waals surface area contributed by atoms with Crippen LogP contribution in [0.15, 0.2) is 52.7 Å². The summed E-state index contributed by atoms with van der Waals surface area (Å²) in [4.78, 5) is 45.2. The first kappa shape index (κ1) is 39.7. The van der Waals surface area contributed by atoms with Crippen LogP contribution in [-0.2, 0) is 20.7 Å². The zero-order chi connectivity index (χ0) is 39.8. The van der Waals surface area contributed by atoms with Crippen LogP contribution in [0.25, 0.3) is 6.08 Å². The van der Waals surface area contributed by atoms with Gasteiger partial charge in [-0.3, -0.25) is 14.4 Å². The number of phenolic OH excluding ortho intramolecular Hbond substituents is 1. The van der Waals surface area contributed by atoms with E-state index >= 15 is 4.79 Å². The number of hydrogen-bond acceptors (Lipinski definition) is 8. The third-order valence-corrected chi connectivity index (χ3v) is 12.0. The number of carbonyl (C=O) groups excluding carboxylic acids is 3. The second kappa shape index (κ2) is 13.7. The van der Waals surface area contributed by atoms with Crippen LogP contribution in [0.1, 0.15) is 116 Å². The minimum absolute atomic E-state index is 0.0461. The number of amides is 1. The fraction of sp³-hybridized carbons (Fsp3) is 0.578. The van der Waals surface area contributed by atoms with Crippen molar-refractivity contribution >= 4 is 23.5 Å². The van der Waals surface area contributed by atoms with Crippen LogP contribution < -0.4 is 14.8 Å². The number of carbonyl (C=O) groups is 3. The second-order valence-electron chi connectivity index (χ2n) is 18.5. The van der Waals surface area contributed by atoms with Crippen LogP contribution in [0.4, 0.5) is 0 Å². The molecule has 3 aliphatic heterocycles. The zero-order valence-electron chi connectivity index (χ0n) is 34.4. The molecule has 3 heterocycles. The van der Waals surface area contributed by atoms with Crippen molar-refractivity contribution in [1.82, 2.24) is 10.2 Å². The normalized spacial score (nSPS) is 28.8. The van der Waals surface area contributed by atoms with Crippen molar-refractivity contribution < 1.29 is 33.7 Å². The Morgan fingerprint density at radius 3 is 2.35 bits per heavy atom. The molecule has 54 heavy (non-hydrogen) atoms. The highest BCUT2D eigenvalue weighted by Crippen LogP contribution is 2.68. The van der Waals surface area contributed by atoms with Crippen molar-refractivity contribution in [2.24, 2.45) is 17.3 Å². The van der Waals surface area contributed by atoms with Gasteiger partial charge in [-0.1, -0.05) is 49.3 Å². The Morgan fingerprint density at radius 1 is 1.02 bits per heavy atom. The minimum atomic E-state index is -1.58. The zero-order valence-corrected chi connectivity index (χ0v) is 34.4. The predicted octanol–water partition coefficient (Wildman–Crippen LogP) is 7.86. The third-order valence-electron chi connectivity index (χ3n) is 12.0. The van der Waals surface area contributed by atoms with E-state index < -0.39 is 28.3 Å². The summed E-state index contributed by atoms with van der Waals surface area (Å²) in [6.07, 6.45) is 14.0. The Balaban J connectivity index is 1.47. The van der Waals surface area contributed by atoms with Crippen molar-refractivity contribution in [3.8, 4) is 17.2 Å².